The molecule has 2 radical (unpaired) electrons. The van der Waals surface area contributed by atoms with E-state index in [4.69, 9.17) is 17.0 Å². The Bertz CT molecular complexity index is 2430. The van der Waals surface area contributed by atoms with Crippen molar-refractivity contribution in [3.8, 4) is 33.4 Å². The van der Waals surface area contributed by atoms with Crippen LogP contribution in [-0.2, 0) is 33.7 Å². The van der Waals surface area contributed by atoms with E-state index < -0.39 is 20.8 Å². The van der Waals surface area contributed by atoms with Crippen molar-refractivity contribution in [2.45, 2.75) is 80.1 Å². The molecule has 0 nitrogen and oxygen atoms in total. The minimum absolute atomic E-state index is 0.538. The van der Waals surface area contributed by atoms with Crippen molar-refractivity contribution in [2.24, 2.45) is 11.8 Å². The van der Waals surface area contributed by atoms with Crippen LogP contribution in [0.1, 0.15) is 89.5 Å². The first-order chi connectivity index (χ1) is 29.0. The van der Waals surface area contributed by atoms with E-state index in [0.29, 0.717) is 23.7 Å². The molecule has 0 atom stereocenters. The molecule has 8 aromatic rings. The van der Waals surface area contributed by atoms with Crippen LogP contribution in [0.15, 0.2) is 152 Å². The van der Waals surface area contributed by atoms with Crippen LogP contribution in [0.5, 0.6) is 0 Å². The van der Waals surface area contributed by atoms with Gasteiger partial charge in [0, 0.05) is 0 Å². The molecule has 0 saturated heterocycles. The van der Waals surface area contributed by atoms with Crippen molar-refractivity contribution in [1.29, 1.82) is 0 Å². The summed E-state index contributed by atoms with van der Waals surface area (Å²) in [5, 5.41) is 8.35. The predicted octanol–water partition coefficient (Wildman–Crippen LogP) is 15.6. The van der Waals surface area contributed by atoms with Crippen LogP contribution in [0, 0.1) is 17.9 Å². The van der Waals surface area contributed by atoms with E-state index in [9.17, 15) is 0 Å². The molecule has 9 rings (SSSR count). The summed E-state index contributed by atoms with van der Waals surface area (Å²) in [6.45, 7) is 18.2. The minimum atomic E-state index is -0.826. The smallest absolute Gasteiger partial charge is 0.0920 e. The first-order valence-corrected chi connectivity index (χ1v) is 28.7. The molecule has 1 aliphatic rings. The van der Waals surface area contributed by atoms with E-state index in [0.717, 1.165) is 22.4 Å². The largest absolute Gasteiger partial charge is 0.184 e. The molecule has 0 bridgehead atoms. The molecule has 1 aliphatic heterocycles. The number of hydrogen-bond acceptors (Lipinski definition) is 0. The normalized spacial score (nSPS) is 11.5. The summed E-state index contributed by atoms with van der Waals surface area (Å²) in [7, 11) is 10.7. The summed E-state index contributed by atoms with van der Waals surface area (Å²) >= 11 is -0.826. The molecule has 1 heterocycles. The molecule has 0 saturated carbocycles. The molecule has 0 spiro atoms. The maximum absolute atomic E-state index is 4.93. The van der Waals surface area contributed by atoms with Gasteiger partial charge in [-0.2, -0.15) is 41.6 Å². The standard InChI is InChI=1S/2C22H25.C12H7Si.2ClH.Zr/c2*1-15(2)12-17-13-18-8-7-11-21(22(18)14-17)20-10-6-5-9-19(20)16(3)4;1-3-7-11-9(5-1)10-6-2-4-8-12(10)13-11;;;/h2*5-11,13-16H,12H2,1-4H3;1-7H;2*1H;/q3*-1;;;+2/p-2. The van der Waals surface area contributed by atoms with Gasteiger partial charge in [-0.1, -0.05) is 162 Å². The van der Waals surface area contributed by atoms with Crippen molar-refractivity contribution in [2.75, 3.05) is 0 Å². The van der Waals surface area contributed by atoms with Crippen LogP contribution in [-0.4, -0.2) is 9.52 Å². The van der Waals surface area contributed by atoms with E-state index in [1.54, 1.807) is 0 Å². The third-order valence-corrected chi connectivity index (χ3v) is 12.4. The molecule has 8 aromatic carbocycles. The monoisotopic (exact) mass is 917 g/mol. The van der Waals surface area contributed by atoms with Crippen LogP contribution in [0.4, 0.5) is 0 Å². The molecule has 306 valence electrons. The van der Waals surface area contributed by atoms with Gasteiger partial charge in [-0.3, -0.25) is 0 Å². The van der Waals surface area contributed by atoms with Crippen LogP contribution in [0.25, 0.3) is 54.9 Å². The molecule has 0 amide bonds. The maximum atomic E-state index is 4.93. The Labute approximate surface area is 381 Å². The molecule has 0 fully saturated rings. The fourth-order valence-electron chi connectivity index (χ4n) is 8.46. The fourth-order valence-corrected chi connectivity index (χ4v) is 9.77. The summed E-state index contributed by atoms with van der Waals surface area (Å²) < 4.78 is 0. The van der Waals surface area contributed by atoms with Gasteiger partial charge in [-0.05, 0) is 58.8 Å². The van der Waals surface area contributed by atoms with Gasteiger partial charge in [0.25, 0.3) is 0 Å². The molecule has 0 unspecified atom stereocenters. The molecular weight excluding hydrogens is 863 g/mol. The van der Waals surface area contributed by atoms with Crippen molar-refractivity contribution >= 4 is 58.5 Å². The topological polar surface area (TPSA) is 0 Å². The van der Waals surface area contributed by atoms with Gasteiger partial charge < -0.3 is 0 Å². The van der Waals surface area contributed by atoms with Gasteiger partial charge in [0.05, 0.1) is 9.52 Å². The Hall–Kier alpha value is -3.78. The Kier molecular flexibility index (Phi) is 16.6. The average Bonchev–Trinajstić information content (AvgIpc) is 3.95. The first-order valence-electron chi connectivity index (χ1n) is 21.4. The number of fused-ring (bicyclic) bond motifs is 5. The summed E-state index contributed by atoms with van der Waals surface area (Å²) in [4.78, 5) is 0. The van der Waals surface area contributed by atoms with E-state index in [-0.39, 0.29) is 0 Å². The summed E-state index contributed by atoms with van der Waals surface area (Å²) in [5.74, 6) is 2.47. The maximum Gasteiger partial charge on any atom is 0.0920 e. The molecule has 4 heteroatoms. The summed E-state index contributed by atoms with van der Waals surface area (Å²) in [5.41, 5.74) is 14.1. The molecule has 0 aromatic heterocycles. The third-order valence-electron chi connectivity index (χ3n) is 11.0. The summed E-state index contributed by atoms with van der Waals surface area (Å²) in [6, 6.07) is 58.7. The van der Waals surface area contributed by atoms with Crippen molar-refractivity contribution < 1.29 is 20.8 Å². The van der Waals surface area contributed by atoms with E-state index >= 15 is 0 Å². The van der Waals surface area contributed by atoms with Crippen LogP contribution in [0.3, 0.4) is 0 Å². The van der Waals surface area contributed by atoms with Crippen molar-refractivity contribution in [1.82, 2.24) is 0 Å². The van der Waals surface area contributed by atoms with Crippen LogP contribution >= 0.6 is 17.0 Å². The Balaban J connectivity index is 0.000000150. The fraction of sp³-hybridized carbons (Fsp3) is 0.250. The quantitative estimate of drug-likeness (QED) is 0.105. The van der Waals surface area contributed by atoms with Crippen LogP contribution < -0.4 is 10.4 Å². The average molecular weight is 920 g/mol. The summed E-state index contributed by atoms with van der Waals surface area (Å²) in [6.07, 6.45) is 2.31. The van der Waals surface area contributed by atoms with E-state index in [1.165, 1.54) is 87.6 Å². The molecule has 60 heavy (non-hydrogen) atoms. The van der Waals surface area contributed by atoms with Gasteiger partial charge in [0.1, 0.15) is 0 Å². The Morgan fingerprint density at radius 2 is 0.917 bits per heavy atom. The second kappa shape index (κ2) is 21.8. The number of halogens is 2. The predicted molar refractivity (Wildman–Crippen MR) is 263 cm³/mol. The van der Waals surface area contributed by atoms with E-state index in [1.807, 2.05) is 6.07 Å². The van der Waals surface area contributed by atoms with Gasteiger partial charge in [0.15, 0.2) is 0 Å². The Morgan fingerprint density at radius 3 is 1.38 bits per heavy atom. The number of benzene rings is 6. The van der Waals surface area contributed by atoms with Gasteiger partial charge >= 0.3 is 37.9 Å². The van der Waals surface area contributed by atoms with Crippen LogP contribution in [0.2, 0.25) is 0 Å². The zero-order valence-electron chi connectivity index (χ0n) is 36.4. The van der Waals surface area contributed by atoms with E-state index in [2.05, 4.69) is 207 Å². The zero-order valence-corrected chi connectivity index (χ0v) is 41.4. The number of hydrogen-bond donors (Lipinski definition) is 0. The van der Waals surface area contributed by atoms with Gasteiger partial charge in [-0.15, -0.1) is 74.6 Å². The number of rotatable bonds is 8. The molecule has 0 aliphatic carbocycles. The first kappa shape index (κ1) is 45.7. The molecule has 0 N–H and O–H groups in total. The van der Waals surface area contributed by atoms with Crippen molar-refractivity contribution in [3.05, 3.63) is 180 Å². The SMILES string of the molecule is CC(C)Cc1cc2c(-c3ccccc3C(C)C)cccc2[cH-]1.CC(C)Cc1cc2c(-c3ccccc3C(C)C)cccc2[cH-]1.[Cl][Zr][Cl].[c-]1cccc2c1[Si]c1ccccc1-2. The zero-order chi connectivity index (χ0) is 42.8. The Morgan fingerprint density at radius 1 is 0.500 bits per heavy atom. The van der Waals surface area contributed by atoms with Crippen molar-refractivity contribution in [3.63, 3.8) is 0 Å². The second-order valence-corrected chi connectivity index (χ2v) is 22.2. The van der Waals surface area contributed by atoms with Gasteiger partial charge in [0.2, 0.25) is 0 Å². The second-order valence-electron chi connectivity index (χ2n) is 17.2. The minimum Gasteiger partial charge on any atom is -0.184 e. The third kappa shape index (κ3) is 11.4. The van der Waals surface area contributed by atoms with Gasteiger partial charge in [-0.25, -0.2) is 0 Å². The molecular formula is C56H57Cl2SiZr-3.